The van der Waals surface area contributed by atoms with Crippen LogP contribution in [-0.4, -0.2) is 21.9 Å². The van der Waals surface area contributed by atoms with E-state index in [4.69, 9.17) is 0 Å². The van der Waals surface area contributed by atoms with Gasteiger partial charge < -0.3 is 24.8 Å². The molecule has 0 bridgehead atoms. The summed E-state index contributed by atoms with van der Waals surface area (Å²) >= 11 is 0. The third-order valence-corrected chi connectivity index (χ3v) is 10.4. The fourth-order valence-electron chi connectivity index (χ4n) is 3.73. The molecule has 2 heterocycles. The quantitative estimate of drug-likeness (QED) is 0.306. The third kappa shape index (κ3) is 9.50. The molecule has 0 nitrogen and oxygen atoms in total. The standard InChI is InChI=1S/C10H15.2C8H13P.2ClH.Zr/c1-7-6-10(4,5)9(3)8(7)2;2*1-5-6(2)8(4)9-7(5)3;;;/h1-5H3;2*7H,1-4H3;2*1H;/q-1;;;;;+3. The van der Waals surface area contributed by atoms with Crippen LogP contribution in [0.4, 0.5) is 0 Å². The van der Waals surface area contributed by atoms with Crippen molar-refractivity contribution in [1.82, 2.24) is 0 Å². The first-order chi connectivity index (χ1) is 12.7. The maximum atomic E-state index is 3.44. The van der Waals surface area contributed by atoms with E-state index in [0.29, 0.717) is 0 Å². The minimum atomic E-state index is 0. The molecule has 2 aliphatic heterocycles. The van der Waals surface area contributed by atoms with Crippen molar-refractivity contribution in [1.29, 1.82) is 0 Å². The van der Waals surface area contributed by atoms with Crippen molar-refractivity contribution < 1.29 is 51.0 Å². The first-order valence-corrected chi connectivity index (χ1v) is 12.7. The normalized spacial score (nSPS) is 24.4. The van der Waals surface area contributed by atoms with Crippen molar-refractivity contribution in [2.24, 2.45) is 5.41 Å². The molecule has 0 spiro atoms. The zero-order valence-corrected chi connectivity index (χ0v) is 27.9. The molecule has 1 aliphatic carbocycles. The van der Waals surface area contributed by atoms with Crippen molar-refractivity contribution >= 4 is 27.0 Å². The molecule has 0 aromatic heterocycles. The van der Waals surface area contributed by atoms with Crippen LogP contribution in [-0.2, 0) is 26.2 Å². The van der Waals surface area contributed by atoms with Gasteiger partial charge in [-0.1, -0.05) is 33.1 Å². The maximum Gasteiger partial charge on any atom is 3.00 e. The Kier molecular flexibility index (Phi) is 17.5. The van der Waals surface area contributed by atoms with Gasteiger partial charge in [0.05, 0.1) is 16.4 Å². The number of allylic oxidation sites excluding steroid dienone is 8. The molecule has 0 saturated carbocycles. The fraction of sp³-hybridized carbons (Fsp3) is 0.615. The Morgan fingerprint density at radius 3 is 1.03 bits per heavy atom. The van der Waals surface area contributed by atoms with Gasteiger partial charge in [0, 0.05) is 13.8 Å². The molecule has 31 heavy (non-hydrogen) atoms. The first-order valence-electron chi connectivity index (χ1n) is 10.6. The molecule has 4 unspecified atom stereocenters. The van der Waals surface area contributed by atoms with E-state index in [2.05, 4.69) is 96.1 Å². The van der Waals surface area contributed by atoms with Gasteiger partial charge in [0.15, 0.2) is 0 Å². The molecule has 5 heteroatoms. The fourth-order valence-corrected chi connectivity index (χ4v) is 6.72. The van der Waals surface area contributed by atoms with Crippen LogP contribution in [0.3, 0.4) is 0 Å². The Hall–Kier alpha value is 0.763. The summed E-state index contributed by atoms with van der Waals surface area (Å²) in [6.07, 6.45) is 3.44. The van der Waals surface area contributed by atoms with Gasteiger partial charge in [-0.2, -0.15) is 11.1 Å². The summed E-state index contributed by atoms with van der Waals surface area (Å²) in [6, 6.07) is 0. The zero-order chi connectivity index (χ0) is 22.0. The Labute approximate surface area is 228 Å². The van der Waals surface area contributed by atoms with E-state index in [9.17, 15) is 0 Å². The number of hydrogen-bond donors (Lipinski definition) is 0. The van der Waals surface area contributed by atoms with Gasteiger partial charge in [0.2, 0.25) is 0 Å². The number of halogens is 2. The predicted octanol–water partition coefficient (Wildman–Crippen LogP) is 2.31. The molecule has 3 rings (SSSR count). The SMILES string of the molecule is CC1=[C-]C(C)(C)C(C)=C1C.CC1=[PH+]C(C)C(C)=C1C.CC1=[PH+]C(C)C(C)=C1C.[Cl-].[Cl-].[Zr+3]. The minimum Gasteiger partial charge on any atom is -1.00 e. The summed E-state index contributed by atoms with van der Waals surface area (Å²) in [7, 11) is 2.12. The van der Waals surface area contributed by atoms with Crippen molar-refractivity contribution in [2.45, 2.75) is 101 Å². The van der Waals surface area contributed by atoms with Crippen molar-refractivity contribution in [3.63, 3.8) is 0 Å². The second-order valence-electron chi connectivity index (χ2n) is 9.22. The second kappa shape index (κ2) is 14.9. The Morgan fingerprint density at radius 2 is 0.968 bits per heavy atom. The van der Waals surface area contributed by atoms with Crippen LogP contribution in [0.1, 0.15) is 90.0 Å². The topological polar surface area (TPSA) is 0 Å². The van der Waals surface area contributed by atoms with E-state index >= 15 is 0 Å². The smallest absolute Gasteiger partial charge is 1.00 e. The summed E-state index contributed by atoms with van der Waals surface area (Å²) in [4.78, 5) is 0. The average molecular weight is 580 g/mol. The zero-order valence-electron chi connectivity index (χ0n) is 21.9. The van der Waals surface area contributed by atoms with Crippen LogP contribution in [0, 0.1) is 11.5 Å². The maximum absolute atomic E-state index is 3.44. The molecular formula is C26H43Cl2P2Zr+2. The van der Waals surface area contributed by atoms with E-state index in [1.54, 1.807) is 32.9 Å². The van der Waals surface area contributed by atoms with Crippen LogP contribution in [0.15, 0.2) is 39.0 Å². The Morgan fingerprint density at radius 1 is 0.645 bits per heavy atom. The van der Waals surface area contributed by atoms with Crippen molar-refractivity contribution in [3.8, 4) is 0 Å². The van der Waals surface area contributed by atoms with Gasteiger partial charge in [-0.3, -0.25) is 6.08 Å². The number of rotatable bonds is 0. The minimum absolute atomic E-state index is 0. The summed E-state index contributed by atoms with van der Waals surface area (Å²) in [5.41, 5.74) is 12.4. The van der Waals surface area contributed by atoms with Crippen LogP contribution in [0.2, 0.25) is 0 Å². The van der Waals surface area contributed by atoms with Crippen LogP contribution in [0.25, 0.3) is 0 Å². The average Bonchev–Trinajstić information content (AvgIpc) is 3.05. The summed E-state index contributed by atoms with van der Waals surface area (Å²) in [6.45, 7) is 29.0. The summed E-state index contributed by atoms with van der Waals surface area (Å²) in [5.74, 6) is 0. The molecular weight excluding hydrogens is 536 g/mol. The molecule has 0 fully saturated rings. The van der Waals surface area contributed by atoms with Crippen LogP contribution < -0.4 is 24.8 Å². The van der Waals surface area contributed by atoms with Crippen LogP contribution >= 0.6 is 16.4 Å². The van der Waals surface area contributed by atoms with E-state index in [1.165, 1.54) is 16.7 Å². The molecule has 3 aliphatic rings. The van der Waals surface area contributed by atoms with E-state index < -0.39 is 0 Å². The van der Waals surface area contributed by atoms with Crippen molar-refractivity contribution in [2.75, 3.05) is 0 Å². The van der Waals surface area contributed by atoms with Gasteiger partial charge in [-0.25, -0.2) is 5.57 Å². The molecule has 0 N–H and O–H groups in total. The molecule has 1 radical (unpaired) electrons. The van der Waals surface area contributed by atoms with Gasteiger partial charge >= 0.3 is 26.2 Å². The van der Waals surface area contributed by atoms with E-state index in [0.717, 1.165) is 27.7 Å². The summed E-state index contributed by atoms with van der Waals surface area (Å²) in [5, 5.41) is 3.22. The predicted molar refractivity (Wildman–Crippen MR) is 138 cm³/mol. The van der Waals surface area contributed by atoms with Crippen molar-refractivity contribution in [3.05, 3.63) is 45.1 Å². The Balaban J connectivity index is -0.000000362. The molecule has 0 saturated heterocycles. The first kappa shape index (κ1) is 36.3. The van der Waals surface area contributed by atoms with Gasteiger partial charge in [-0.15, -0.1) is 6.92 Å². The molecule has 0 aromatic rings. The van der Waals surface area contributed by atoms with E-state index in [1.807, 2.05) is 0 Å². The summed E-state index contributed by atoms with van der Waals surface area (Å²) < 4.78 is 0. The largest absolute Gasteiger partial charge is 3.00 e. The van der Waals surface area contributed by atoms with Gasteiger partial charge in [0.25, 0.3) is 0 Å². The van der Waals surface area contributed by atoms with Gasteiger partial charge in [0.1, 0.15) is 21.9 Å². The number of hydrogen-bond acceptors (Lipinski definition) is 0. The monoisotopic (exact) mass is 577 g/mol. The second-order valence-corrected chi connectivity index (χ2v) is 13.0. The molecule has 173 valence electrons. The van der Waals surface area contributed by atoms with Gasteiger partial charge in [-0.05, 0) is 63.8 Å². The van der Waals surface area contributed by atoms with Crippen LogP contribution in [0.5, 0.6) is 0 Å². The Bertz CT molecular complexity index is 780. The molecule has 0 aromatic carbocycles. The molecule has 4 atom stereocenters. The third-order valence-electron chi connectivity index (χ3n) is 7.04. The van der Waals surface area contributed by atoms with E-state index in [-0.39, 0.29) is 56.4 Å². The molecule has 0 amide bonds.